The van der Waals surface area contributed by atoms with Crippen molar-refractivity contribution in [2.75, 3.05) is 32.5 Å². The predicted molar refractivity (Wildman–Crippen MR) is 66.9 cm³/mol. The van der Waals surface area contributed by atoms with Crippen LogP contribution in [0.3, 0.4) is 0 Å². The van der Waals surface area contributed by atoms with Crippen molar-refractivity contribution in [1.82, 2.24) is 8.61 Å². The molecule has 0 aromatic heterocycles. The molecule has 1 heterocycles. The predicted octanol–water partition coefficient (Wildman–Crippen LogP) is 0.667. The molecule has 5 nitrogen and oxygen atoms in total. The van der Waals surface area contributed by atoms with Crippen molar-refractivity contribution in [2.45, 2.75) is 25.6 Å². The van der Waals surface area contributed by atoms with Gasteiger partial charge in [-0.2, -0.15) is 17.0 Å². The summed E-state index contributed by atoms with van der Waals surface area (Å²) in [6, 6.07) is 0. The minimum Gasteiger partial charge on any atom is -0.369 e. The van der Waals surface area contributed by atoms with Gasteiger partial charge < -0.3 is 4.74 Å². The fourth-order valence-corrected chi connectivity index (χ4v) is 3.36. The highest BCUT2D eigenvalue weighted by molar-refractivity contribution is 9.09. The molecule has 16 heavy (non-hydrogen) atoms. The summed E-state index contributed by atoms with van der Waals surface area (Å²) in [4.78, 5) is 0. The zero-order valence-corrected chi connectivity index (χ0v) is 12.5. The van der Waals surface area contributed by atoms with E-state index in [2.05, 4.69) is 15.9 Å². The van der Waals surface area contributed by atoms with E-state index in [1.807, 2.05) is 13.8 Å². The normalized spacial score (nSPS) is 27.2. The molecule has 0 saturated carbocycles. The molecular formula is C9H19BrN2O3S. The van der Waals surface area contributed by atoms with Crippen LogP contribution in [-0.2, 0) is 14.9 Å². The average molecular weight is 315 g/mol. The zero-order valence-electron chi connectivity index (χ0n) is 10.1. The molecule has 96 valence electrons. The Bertz CT molecular complexity index is 343. The van der Waals surface area contributed by atoms with E-state index in [9.17, 15) is 8.42 Å². The maximum Gasteiger partial charge on any atom is 0.281 e. The smallest absolute Gasteiger partial charge is 0.281 e. The quantitative estimate of drug-likeness (QED) is 0.719. The molecular weight excluding hydrogens is 296 g/mol. The lowest BCUT2D eigenvalue weighted by atomic mass is 10.1. The second-order valence-corrected chi connectivity index (χ2v) is 7.53. The highest BCUT2D eigenvalue weighted by Crippen LogP contribution is 2.24. The van der Waals surface area contributed by atoms with Crippen LogP contribution in [0.25, 0.3) is 0 Å². The number of ether oxygens (including phenoxy) is 1. The molecule has 0 bridgehead atoms. The van der Waals surface area contributed by atoms with Gasteiger partial charge in [-0.3, -0.25) is 0 Å². The van der Waals surface area contributed by atoms with Gasteiger partial charge in [0, 0.05) is 32.5 Å². The van der Waals surface area contributed by atoms with Crippen molar-refractivity contribution in [2.24, 2.45) is 0 Å². The van der Waals surface area contributed by atoms with Crippen LogP contribution in [0.4, 0.5) is 0 Å². The first kappa shape index (κ1) is 14.4. The number of alkyl halides is 1. The molecule has 0 amide bonds. The summed E-state index contributed by atoms with van der Waals surface area (Å²) in [7, 11) is -0.263. The third kappa shape index (κ3) is 3.16. The van der Waals surface area contributed by atoms with E-state index in [1.54, 1.807) is 14.1 Å². The zero-order chi connectivity index (χ0) is 12.6. The summed E-state index contributed by atoms with van der Waals surface area (Å²) in [5.41, 5.74) is -0.445. The van der Waals surface area contributed by atoms with Crippen molar-refractivity contribution < 1.29 is 13.2 Å². The first-order chi connectivity index (χ1) is 7.19. The van der Waals surface area contributed by atoms with Crippen LogP contribution in [0.5, 0.6) is 0 Å². The van der Waals surface area contributed by atoms with Crippen molar-refractivity contribution in [3.8, 4) is 0 Å². The van der Waals surface area contributed by atoms with Gasteiger partial charge in [0.15, 0.2) is 0 Å². The first-order valence-electron chi connectivity index (χ1n) is 5.10. The minimum atomic E-state index is -3.35. The number of halogens is 1. The van der Waals surface area contributed by atoms with Gasteiger partial charge in [-0.25, -0.2) is 0 Å². The largest absolute Gasteiger partial charge is 0.369 e. The highest BCUT2D eigenvalue weighted by Gasteiger charge is 2.39. The van der Waals surface area contributed by atoms with E-state index in [-0.39, 0.29) is 6.10 Å². The number of morpholine rings is 1. The molecule has 0 aromatic rings. The van der Waals surface area contributed by atoms with Crippen molar-refractivity contribution >= 4 is 26.1 Å². The molecule has 1 atom stereocenters. The van der Waals surface area contributed by atoms with Crippen LogP contribution in [0.2, 0.25) is 0 Å². The Morgan fingerprint density at radius 2 is 2.06 bits per heavy atom. The van der Waals surface area contributed by atoms with E-state index >= 15 is 0 Å². The van der Waals surface area contributed by atoms with Crippen LogP contribution in [0.15, 0.2) is 0 Å². The van der Waals surface area contributed by atoms with E-state index in [4.69, 9.17) is 4.74 Å². The Kier molecular flexibility index (Phi) is 4.40. The van der Waals surface area contributed by atoms with Gasteiger partial charge in [-0.15, -0.1) is 0 Å². The molecule has 1 aliphatic heterocycles. The Balaban J connectivity index is 2.90. The van der Waals surface area contributed by atoms with Gasteiger partial charge in [-0.05, 0) is 13.8 Å². The topological polar surface area (TPSA) is 49.9 Å². The SMILES string of the molecule is CN(C)S(=O)(=O)N1CC(CBr)OC(C)(C)C1. The summed E-state index contributed by atoms with van der Waals surface area (Å²) < 4.78 is 32.5. The summed E-state index contributed by atoms with van der Waals surface area (Å²) in [5.74, 6) is 0. The molecule has 1 aliphatic rings. The maximum absolute atomic E-state index is 12.0. The van der Waals surface area contributed by atoms with Crippen molar-refractivity contribution in [1.29, 1.82) is 0 Å². The van der Waals surface area contributed by atoms with Crippen LogP contribution < -0.4 is 0 Å². The molecule has 1 rings (SSSR count). The molecule has 0 spiro atoms. The second-order valence-electron chi connectivity index (χ2n) is 4.74. The van der Waals surface area contributed by atoms with E-state index in [1.165, 1.54) is 8.61 Å². The minimum absolute atomic E-state index is 0.0986. The van der Waals surface area contributed by atoms with Gasteiger partial charge in [0.05, 0.1) is 11.7 Å². The molecule has 0 aromatic carbocycles. The number of hydrogen-bond acceptors (Lipinski definition) is 3. The van der Waals surface area contributed by atoms with Crippen molar-refractivity contribution in [3.63, 3.8) is 0 Å². The third-order valence-electron chi connectivity index (χ3n) is 2.41. The standard InChI is InChI=1S/C9H19BrN2O3S/c1-9(2)7-12(6-8(5-10)15-9)16(13,14)11(3)4/h8H,5-7H2,1-4H3. The van der Waals surface area contributed by atoms with Crippen LogP contribution in [0.1, 0.15) is 13.8 Å². The number of nitrogens with zero attached hydrogens (tertiary/aromatic N) is 2. The molecule has 1 fully saturated rings. The molecule has 0 N–H and O–H groups in total. The van der Waals surface area contributed by atoms with Crippen LogP contribution in [0, 0.1) is 0 Å². The Morgan fingerprint density at radius 3 is 2.50 bits per heavy atom. The van der Waals surface area contributed by atoms with Gasteiger partial charge in [0.1, 0.15) is 0 Å². The van der Waals surface area contributed by atoms with Gasteiger partial charge in [0.2, 0.25) is 0 Å². The first-order valence-corrected chi connectivity index (χ1v) is 7.62. The fraction of sp³-hybridized carbons (Fsp3) is 1.00. The monoisotopic (exact) mass is 314 g/mol. The summed E-state index contributed by atoms with van der Waals surface area (Å²) >= 11 is 3.33. The Hall–Kier alpha value is 0.310. The number of rotatable bonds is 3. The van der Waals surface area contributed by atoms with Crippen LogP contribution in [-0.4, -0.2) is 61.2 Å². The summed E-state index contributed by atoms with van der Waals surface area (Å²) in [6.07, 6.45) is -0.0986. The van der Waals surface area contributed by atoms with Crippen molar-refractivity contribution in [3.05, 3.63) is 0 Å². The molecule has 1 saturated heterocycles. The lowest BCUT2D eigenvalue weighted by Gasteiger charge is -2.42. The molecule has 1 unspecified atom stereocenters. The Labute approximate surface area is 106 Å². The van der Waals surface area contributed by atoms with E-state index in [0.717, 1.165) is 0 Å². The maximum atomic E-state index is 12.0. The third-order valence-corrected chi connectivity index (χ3v) is 4.99. The average Bonchev–Trinajstić information content (AvgIpc) is 2.14. The summed E-state index contributed by atoms with van der Waals surface area (Å²) in [6.45, 7) is 4.59. The second kappa shape index (κ2) is 4.89. The van der Waals surface area contributed by atoms with Gasteiger partial charge >= 0.3 is 0 Å². The number of hydrogen-bond donors (Lipinski definition) is 0. The lowest BCUT2D eigenvalue weighted by molar-refractivity contribution is -0.107. The molecule has 7 heteroatoms. The fourth-order valence-electron chi connectivity index (χ4n) is 1.73. The van der Waals surface area contributed by atoms with E-state index < -0.39 is 15.8 Å². The van der Waals surface area contributed by atoms with E-state index in [0.29, 0.717) is 18.4 Å². The van der Waals surface area contributed by atoms with Gasteiger partial charge in [-0.1, -0.05) is 15.9 Å². The lowest BCUT2D eigenvalue weighted by Crippen LogP contribution is -2.57. The molecule has 0 radical (unpaired) electrons. The van der Waals surface area contributed by atoms with Crippen LogP contribution >= 0.6 is 15.9 Å². The van der Waals surface area contributed by atoms with Gasteiger partial charge in [0.25, 0.3) is 10.2 Å². The highest BCUT2D eigenvalue weighted by atomic mass is 79.9. The summed E-state index contributed by atoms with van der Waals surface area (Å²) in [5, 5.41) is 0.635. The Morgan fingerprint density at radius 1 is 1.50 bits per heavy atom. The molecule has 0 aliphatic carbocycles.